The van der Waals surface area contributed by atoms with Crippen LogP contribution < -0.4 is 5.32 Å². The highest BCUT2D eigenvalue weighted by molar-refractivity contribution is 5.20. The standard InChI is InChI=1S/C18H29NO/c1-4-14(5-2)18(16-9-7-6-8-10-16)19-17(13-20-3)15-11-12-15/h6-10,14-15,17-19H,4-5,11-13H2,1-3H3. The first-order valence-electron chi connectivity index (χ1n) is 8.10. The van der Waals surface area contributed by atoms with E-state index in [0.29, 0.717) is 18.0 Å². The molecule has 1 aromatic rings. The molecular formula is C18H29NO. The Morgan fingerprint density at radius 1 is 1.15 bits per heavy atom. The minimum atomic E-state index is 0.451. The van der Waals surface area contributed by atoms with Crippen molar-refractivity contribution in [3.8, 4) is 0 Å². The molecule has 0 spiro atoms. The maximum atomic E-state index is 5.43. The van der Waals surface area contributed by atoms with Gasteiger partial charge in [0.2, 0.25) is 0 Å². The average molecular weight is 275 g/mol. The van der Waals surface area contributed by atoms with Gasteiger partial charge in [-0.1, -0.05) is 57.0 Å². The summed E-state index contributed by atoms with van der Waals surface area (Å²) in [5.74, 6) is 1.51. The number of benzene rings is 1. The van der Waals surface area contributed by atoms with Crippen LogP contribution in [0.15, 0.2) is 30.3 Å². The third-order valence-electron chi connectivity index (χ3n) is 4.61. The van der Waals surface area contributed by atoms with E-state index in [1.54, 1.807) is 0 Å². The number of hydrogen-bond donors (Lipinski definition) is 1. The smallest absolute Gasteiger partial charge is 0.0618 e. The van der Waals surface area contributed by atoms with Crippen molar-refractivity contribution in [2.75, 3.05) is 13.7 Å². The van der Waals surface area contributed by atoms with E-state index in [1.807, 2.05) is 7.11 Å². The van der Waals surface area contributed by atoms with Gasteiger partial charge in [-0.2, -0.15) is 0 Å². The Hall–Kier alpha value is -0.860. The van der Waals surface area contributed by atoms with Crippen molar-refractivity contribution in [2.45, 2.75) is 51.6 Å². The van der Waals surface area contributed by atoms with Crippen LogP contribution >= 0.6 is 0 Å². The van der Waals surface area contributed by atoms with Gasteiger partial charge in [0.05, 0.1) is 6.61 Å². The molecule has 0 aliphatic heterocycles. The van der Waals surface area contributed by atoms with Gasteiger partial charge in [0.25, 0.3) is 0 Å². The molecule has 1 aromatic carbocycles. The van der Waals surface area contributed by atoms with Gasteiger partial charge < -0.3 is 10.1 Å². The molecule has 112 valence electrons. The Kier molecular flexibility index (Phi) is 6.06. The second kappa shape index (κ2) is 7.80. The first-order valence-corrected chi connectivity index (χ1v) is 8.10. The average Bonchev–Trinajstić information content (AvgIpc) is 3.32. The summed E-state index contributed by atoms with van der Waals surface area (Å²) in [4.78, 5) is 0. The fourth-order valence-corrected chi connectivity index (χ4v) is 3.15. The third-order valence-corrected chi connectivity index (χ3v) is 4.61. The van der Waals surface area contributed by atoms with E-state index in [2.05, 4.69) is 49.5 Å². The summed E-state index contributed by atoms with van der Waals surface area (Å²) in [5.41, 5.74) is 1.42. The Bertz CT molecular complexity index is 370. The topological polar surface area (TPSA) is 21.3 Å². The molecule has 2 rings (SSSR count). The van der Waals surface area contributed by atoms with Crippen LogP contribution in [0.5, 0.6) is 0 Å². The summed E-state index contributed by atoms with van der Waals surface area (Å²) in [7, 11) is 1.81. The first-order chi connectivity index (χ1) is 9.80. The lowest BCUT2D eigenvalue weighted by Gasteiger charge is -2.31. The van der Waals surface area contributed by atoms with Crippen LogP contribution in [0.3, 0.4) is 0 Å². The van der Waals surface area contributed by atoms with Crippen LogP contribution in [0.4, 0.5) is 0 Å². The molecule has 1 fully saturated rings. The summed E-state index contributed by atoms with van der Waals surface area (Å²) in [6.07, 6.45) is 5.14. The largest absolute Gasteiger partial charge is 0.383 e. The number of nitrogens with one attached hydrogen (secondary N) is 1. The van der Waals surface area contributed by atoms with Gasteiger partial charge >= 0.3 is 0 Å². The Morgan fingerprint density at radius 3 is 2.30 bits per heavy atom. The zero-order chi connectivity index (χ0) is 14.4. The monoisotopic (exact) mass is 275 g/mol. The second-order valence-corrected chi connectivity index (χ2v) is 6.03. The molecule has 1 N–H and O–H groups in total. The summed E-state index contributed by atoms with van der Waals surface area (Å²) < 4.78 is 5.43. The maximum Gasteiger partial charge on any atom is 0.0618 e. The number of rotatable bonds is 9. The minimum absolute atomic E-state index is 0.451. The highest BCUT2D eigenvalue weighted by atomic mass is 16.5. The van der Waals surface area contributed by atoms with E-state index in [1.165, 1.54) is 31.2 Å². The van der Waals surface area contributed by atoms with Crippen molar-refractivity contribution in [1.29, 1.82) is 0 Å². The van der Waals surface area contributed by atoms with Gasteiger partial charge in [-0.3, -0.25) is 0 Å². The molecule has 1 aliphatic carbocycles. The molecule has 0 amide bonds. The number of methoxy groups -OCH3 is 1. The Balaban J connectivity index is 2.13. The van der Waals surface area contributed by atoms with Crippen LogP contribution in [-0.4, -0.2) is 19.8 Å². The van der Waals surface area contributed by atoms with E-state index in [4.69, 9.17) is 4.74 Å². The molecule has 0 saturated heterocycles. The summed E-state index contributed by atoms with van der Waals surface area (Å²) in [6.45, 7) is 5.43. The fourth-order valence-electron chi connectivity index (χ4n) is 3.15. The molecule has 2 heteroatoms. The van der Waals surface area contributed by atoms with Crippen molar-refractivity contribution in [3.05, 3.63) is 35.9 Å². The maximum absolute atomic E-state index is 5.43. The minimum Gasteiger partial charge on any atom is -0.383 e. The molecule has 2 atom stereocenters. The van der Waals surface area contributed by atoms with Crippen molar-refractivity contribution in [3.63, 3.8) is 0 Å². The number of hydrogen-bond acceptors (Lipinski definition) is 2. The normalized spacial score (nSPS) is 18.2. The highest BCUT2D eigenvalue weighted by Crippen LogP contribution is 2.36. The van der Waals surface area contributed by atoms with Crippen molar-refractivity contribution < 1.29 is 4.74 Å². The van der Waals surface area contributed by atoms with E-state index in [0.717, 1.165) is 12.5 Å². The van der Waals surface area contributed by atoms with Gasteiger partial charge in [-0.05, 0) is 30.2 Å². The molecule has 0 bridgehead atoms. The molecule has 0 radical (unpaired) electrons. The van der Waals surface area contributed by atoms with Gasteiger partial charge in [-0.15, -0.1) is 0 Å². The fraction of sp³-hybridized carbons (Fsp3) is 0.667. The zero-order valence-corrected chi connectivity index (χ0v) is 13.1. The Labute approximate surface area is 123 Å². The van der Waals surface area contributed by atoms with E-state index in [-0.39, 0.29) is 0 Å². The second-order valence-electron chi connectivity index (χ2n) is 6.03. The summed E-state index contributed by atoms with van der Waals surface area (Å²) >= 11 is 0. The van der Waals surface area contributed by atoms with E-state index >= 15 is 0 Å². The predicted octanol–water partition coefficient (Wildman–Crippen LogP) is 4.18. The lowest BCUT2D eigenvalue weighted by molar-refractivity contribution is 0.142. The van der Waals surface area contributed by atoms with Crippen molar-refractivity contribution >= 4 is 0 Å². The molecule has 0 aromatic heterocycles. The van der Waals surface area contributed by atoms with Crippen LogP contribution in [0, 0.1) is 11.8 Å². The first kappa shape index (κ1) is 15.5. The van der Waals surface area contributed by atoms with Crippen molar-refractivity contribution in [2.24, 2.45) is 11.8 Å². The molecule has 2 nitrogen and oxygen atoms in total. The highest BCUT2D eigenvalue weighted by Gasteiger charge is 2.34. The zero-order valence-electron chi connectivity index (χ0n) is 13.1. The van der Waals surface area contributed by atoms with E-state index < -0.39 is 0 Å². The lowest BCUT2D eigenvalue weighted by Crippen LogP contribution is -2.40. The molecule has 1 aliphatic rings. The molecule has 0 heterocycles. The van der Waals surface area contributed by atoms with E-state index in [9.17, 15) is 0 Å². The molecule has 2 unspecified atom stereocenters. The van der Waals surface area contributed by atoms with Crippen LogP contribution in [0.25, 0.3) is 0 Å². The van der Waals surface area contributed by atoms with Crippen LogP contribution in [-0.2, 0) is 4.74 Å². The molecule has 20 heavy (non-hydrogen) atoms. The van der Waals surface area contributed by atoms with Crippen LogP contribution in [0.2, 0.25) is 0 Å². The van der Waals surface area contributed by atoms with Gasteiger partial charge in [0, 0.05) is 19.2 Å². The van der Waals surface area contributed by atoms with Gasteiger partial charge in [-0.25, -0.2) is 0 Å². The summed E-state index contributed by atoms with van der Waals surface area (Å²) in [6, 6.07) is 11.9. The molecule has 1 saturated carbocycles. The predicted molar refractivity (Wildman–Crippen MR) is 84.8 cm³/mol. The lowest BCUT2D eigenvalue weighted by atomic mass is 9.88. The SMILES string of the molecule is CCC(CC)C(NC(COC)C1CC1)c1ccccc1. The Morgan fingerprint density at radius 2 is 1.80 bits per heavy atom. The van der Waals surface area contributed by atoms with Crippen LogP contribution in [0.1, 0.15) is 51.1 Å². The number of ether oxygens (including phenoxy) is 1. The van der Waals surface area contributed by atoms with Gasteiger partial charge in [0.15, 0.2) is 0 Å². The quantitative estimate of drug-likeness (QED) is 0.730. The third kappa shape index (κ3) is 4.07. The summed E-state index contributed by atoms with van der Waals surface area (Å²) in [5, 5.41) is 3.91. The van der Waals surface area contributed by atoms with Gasteiger partial charge in [0.1, 0.15) is 0 Å². The van der Waals surface area contributed by atoms with Crippen molar-refractivity contribution in [1.82, 2.24) is 5.32 Å². The molecular weight excluding hydrogens is 246 g/mol.